The Hall–Kier alpha value is -1.29. The first kappa shape index (κ1) is 11.2. The summed E-state index contributed by atoms with van der Waals surface area (Å²) in [6.45, 7) is 4.92. The van der Waals surface area contributed by atoms with E-state index >= 15 is 0 Å². The molecule has 0 aliphatic rings. The molecular formula is C12H13BrN2O. The Morgan fingerprint density at radius 3 is 2.94 bits per heavy atom. The summed E-state index contributed by atoms with van der Waals surface area (Å²) in [7, 11) is 0. The molecule has 0 bridgehead atoms. The highest BCUT2D eigenvalue weighted by Crippen LogP contribution is 2.23. The number of benzene rings is 1. The Kier molecular flexibility index (Phi) is 3.29. The van der Waals surface area contributed by atoms with Crippen LogP contribution in [0.5, 0.6) is 11.8 Å². The van der Waals surface area contributed by atoms with Gasteiger partial charge >= 0.3 is 6.01 Å². The van der Waals surface area contributed by atoms with Crippen molar-refractivity contribution >= 4 is 15.9 Å². The smallest absolute Gasteiger partial charge is 0.302 e. The number of aryl methyl sites for hydroxylation is 2. The fourth-order valence-electron chi connectivity index (χ4n) is 1.46. The SMILES string of the molecule is CCn1cc(Br)nc1Oc1cccc(C)c1. The quantitative estimate of drug-likeness (QED) is 0.856. The van der Waals surface area contributed by atoms with Crippen LogP contribution in [0.25, 0.3) is 0 Å². The second kappa shape index (κ2) is 4.70. The highest BCUT2D eigenvalue weighted by Gasteiger charge is 2.07. The van der Waals surface area contributed by atoms with Gasteiger partial charge in [0.05, 0.1) is 0 Å². The molecule has 0 saturated carbocycles. The maximum Gasteiger partial charge on any atom is 0.302 e. The van der Waals surface area contributed by atoms with Gasteiger partial charge in [0.1, 0.15) is 10.4 Å². The number of hydrogen-bond donors (Lipinski definition) is 0. The van der Waals surface area contributed by atoms with Crippen LogP contribution in [0.3, 0.4) is 0 Å². The van der Waals surface area contributed by atoms with Crippen molar-refractivity contribution in [2.75, 3.05) is 0 Å². The lowest BCUT2D eigenvalue weighted by molar-refractivity contribution is 0.415. The van der Waals surface area contributed by atoms with E-state index in [0.717, 1.165) is 16.9 Å². The topological polar surface area (TPSA) is 27.1 Å². The van der Waals surface area contributed by atoms with E-state index in [1.807, 2.05) is 42.0 Å². The number of rotatable bonds is 3. The normalized spacial score (nSPS) is 10.4. The number of hydrogen-bond acceptors (Lipinski definition) is 2. The summed E-state index contributed by atoms with van der Waals surface area (Å²) in [6, 6.07) is 8.53. The Morgan fingerprint density at radius 2 is 2.25 bits per heavy atom. The van der Waals surface area contributed by atoms with E-state index in [1.165, 1.54) is 5.56 Å². The highest BCUT2D eigenvalue weighted by atomic mass is 79.9. The summed E-state index contributed by atoms with van der Waals surface area (Å²) >= 11 is 3.34. The van der Waals surface area contributed by atoms with Crippen molar-refractivity contribution in [1.82, 2.24) is 9.55 Å². The lowest BCUT2D eigenvalue weighted by Gasteiger charge is -2.06. The van der Waals surface area contributed by atoms with Gasteiger partial charge in [0.25, 0.3) is 0 Å². The second-order valence-electron chi connectivity index (χ2n) is 3.55. The summed E-state index contributed by atoms with van der Waals surface area (Å²) in [5.74, 6) is 0.813. The number of ether oxygens (including phenoxy) is 1. The Labute approximate surface area is 103 Å². The van der Waals surface area contributed by atoms with Crippen molar-refractivity contribution < 1.29 is 4.74 Å². The van der Waals surface area contributed by atoms with Gasteiger partial charge in [-0.15, -0.1) is 0 Å². The van der Waals surface area contributed by atoms with Crippen molar-refractivity contribution in [3.63, 3.8) is 0 Å². The summed E-state index contributed by atoms with van der Waals surface area (Å²) in [6.07, 6.45) is 1.91. The third-order valence-electron chi connectivity index (χ3n) is 2.25. The van der Waals surface area contributed by atoms with Crippen LogP contribution in [0.2, 0.25) is 0 Å². The molecule has 0 aliphatic carbocycles. The van der Waals surface area contributed by atoms with Crippen LogP contribution in [0.4, 0.5) is 0 Å². The van der Waals surface area contributed by atoms with Crippen molar-refractivity contribution in [2.24, 2.45) is 0 Å². The summed E-state index contributed by atoms with van der Waals surface area (Å²) in [5, 5.41) is 0. The molecule has 0 radical (unpaired) electrons. The molecule has 1 heterocycles. The molecule has 0 atom stereocenters. The molecule has 2 aromatic rings. The van der Waals surface area contributed by atoms with Crippen molar-refractivity contribution in [3.05, 3.63) is 40.6 Å². The molecule has 0 saturated heterocycles. The molecule has 2 rings (SSSR count). The van der Waals surface area contributed by atoms with Crippen molar-refractivity contribution in [3.8, 4) is 11.8 Å². The molecule has 1 aromatic heterocycles. The zero-order chi connectivity index (χ0) is 11.5. The molecule has 0 aliphatic heterocycles. The average molecular weight is 281 g/mol. The standard InChI is InChI=1S/C12H13BrN2O/c1-3-15-8-11(13)14-12(15)16-10-6-4-5-9(2)7-10/h4-8H,3H2,1-2H3. The number of imidazole rings is 1. The first-order chi connectivity index (χ1) is 7.69. The van der Waals surface area contributed by atoms with Crippen LogP contribution in [0.15, 0.2) is 35.1 Å². The molecular weight excluding hydrogens is 268 g/mol. The molecule has 84 valence electrons. The molecule has 16 heavy (non-hydrogen) atoms. The third-order valence-corrected chi connectivity index (χ3v) is 2.63. The molecule has 0 N–H and O–H groups in total. The van der Waals surface area contributed by atoms with E-state index in [0.29, 0.717) is 6.01 Å². The van der Waals surface area contributed by atoms with Gasteiger partial charge in [0.15, 0.2) is 0 Å². The minimum absolute atomic E-state index is 0.611. The first-order valence-corrected chi connectivity index (χ1v) is 5.95. The van der Waals surface area contributed by atoms with Gasteiger partial charge in [-0.2, -0.15) is 4.98 Å². The van der Waals surface area contributed by atoms with Gasteiger partial charge in [-0.05, 0) is 47.5 Å². The van der Waals surface area contributed by atoms with Crippen LogP contribution >= 0.6 is 15.9 Å². The summed E-state index contributed by atoms with van der Waals surface area (Å²) < 4.78 is 8.46. The number of nitrogens with zero attached hydrogens (tertiary/aromatic N) is 2. The van der Waals surface area contributed by atoms with Crippen LogP contribution in [0, 0.1) is 6.92 Å². The fraction of sp³-hybridized carbons (Fsp3) is 0.250. The lowest BCUT2D eigenvalue weighted by Crippen LogP contribution is -1.97. The van der Waals surface area contributed by atoms with Gasteiger partial charge in [-0.25, -0.2) is 0 Å². The highest BCUT2D eigenvalue weighted by molar-refractivity contribution is 9.10. The Morgan fingerprint density at radius 1 is 1.44 bits per heavy atom. The monoisotopic (exact) mass is 280 g/mol. The molecule has 0 amide bonds. The Bertz CT molecular complexity index is 494. The largest absolute Gasteiger partial charge is 0.425 e. The third kappa shape index (κ3) is 2.44. The summed E-state index contributed by atoms with van der Waals surface area (Å²) in [5.41, 5.74) is 1.17. The maximum atomic E-state index is 5.72. The van der Waals surface area contributed by atoms with Crippen LogP contribution < -0.4 is 4.74 Å². The fourth-order valence-corrected chi connectivity index (χ4v) is 1.86. The van der Waals surface area contributed by atoms with E-state index in [4.69, 9.17) is 4.74 Å². The minimum atomic E-state index is 0.611. The number of aromatic nitrogens is 2. The second-order valence-corrected chi connectivity index (χ2v) is 4.36. The molecule has 0 fully saturated rings. The minimum Gasteiger partial charge on any atom is -0.425 e. The lowest BCUT2D eigenvalue weighted by atomic mass is 10.2. The first-order valence-electron chi connectivity index (χ1n) is 5.16. The Balaban J connectivity index is 2.26. The zero-order valence-electron chi connectivity index (χ0n) is 9.27. The van der Waals surface area contributed by atoms with Crippen LogP contribution in [-0.4, -0.2) is 9.55 Å². The maximum absolute atomic E-state index is 5.72. The predicted molar refractivity (Wildman–Crippen MR) is 66.9 cm³/mol. The predicted octanol–water partition coefficient (Wildman–Crippen LogP) is 3.77. The van der Waals surface area contributed by atoms with E-state index in [-0.39, 0.29) is 0 Å². The van der Waals surface area contributed by atoms with Gasteiger partial charge in [0.2, 0.25) is 0 Å². The molecule has 0 unspecified atom stereocenters. The van der Waals surface area contributed by atoms with Crippen molar-refractivity contribution in [1.29, 1.82) is 0 Å². The van der Waals surface area contributed by atoms with Gasteiger partial charge in [-0.3, -0.25) is 4.57 Å². The van der Waals surface area contributed by atoms with Crippen LogP contribution in [0.1, 0.15) is 12.5 Å². The van der Waals surface area contributed by atoms with Gasteiger partial charge in [0, 0.05) is 12.7 Å². The zero-order valence-corrected chi connectivity index (χ0v) is 10.9. The van der Waals surface area contributed by atoms with E-state index in [1.54, 1.807) is 0 Å². The number of halogens is 1. The van der Waals surface area contributed by atoms with Gasteiger partial charge < -0.3 is 4.74 Å². The molecule has 4 heteroatoms. The summed E-state index contributed by atoms with van der Waals surface area (Å²) in [4.78, 5) is 4.26. The molecule has 0 spiro atoms. The van der Waals surface area contributed by atoms with Crippen LogP contribution in [-0.2, 0) is 6.54 Å². The molecule has 1 aromatic carbocycles. The van der Waals surface area contributed by atoms with E-state index in [9.17, 15) is 0 Å². The molecule has 3 nitrogen and oxygen atoms in total. The van der Waals surface area contributed by atoms with E-state index < -0.39 is 0 Å². The van der Waals surface area contributed by atoms with E-state index in [2.05, 4.69) is 27.8 Å². The van der Waals surface area contributed by atoms with Gasteiger partial charge in [-0.1, -0.05) is 12.1 Å². The van der Waals surface area contributed by atoms with Crippen molar-refractivity contribution in [2.45, 2.75) is 20.4 Å². The average Bonchev–Trinajstić information content (AvgIpc) is 2.59.